The van der Waals surface area contributed by atoms with Gasteiger partial charge in [-0.2, -0.15) is 0 Å². The second-order valence-electron chi connectivity index (χ2n) is 4.92. The molecule has 124 valence electrons. The molecule has 7 heteroatoms. The number of rotatable bonds is 8. The smallest absolute Gasteiger partial charge is 0.406 e. The molecule has 0 radical (unpaired) electrons. The summed E-state index contributed by atoms with van der Waals surface area (Å²) in [5.41, 5.74) is 0.779. The van der Waals surface area contributed by atoms with Crippen molar-refractivity contribution in [2.24, 2.45) is 0 Å². The summed E-state index contributed by atoms with van der Waals surface area (Å²) in [5.74, 6) is -0.464. The molecule has 1 aromatic rings. The minimum absolute atomic E-state index is 0.0950. The van der Waals surface area contributed by atoms with Gasteiger partial charge in [-0.05, 0) is 30.0 Å². The highest BCUT2D eigenvalue weighted by atomic mass is 19.4. The number of methoxy groups -OCH3 is 1. The molecule has 0 spiro atoms. The summed E-state index contributed by atoms with van der Waals surface area (Å²) in [4.78, 5) is 11.7. The molecule has 4 nitrogen and oxygen atoms in total. The third-order valence-corrected chi connectivity index (χ3v) is 3.02. The van der Waals surface area contributed by atoms with Gasteiger partial charge < -0.3 is 14.8 Å². The van der Waals surface area contributed by atoms with Crippen LogP contribution in [-0.4, -0.2) is 32.5 Å². The van der Waals surface area contributed by atoms with Gasteiger partial charge in [0, 0.05) is 26.7 Å². The van der Waals surface area contributed by atoms with Crippen LogP contribution >= 0.6 is 0 Å². The van der Waals surface area contributed by atoms with E-state index in [9.17, 15) is 18.0 Å². The maximum absolute atomic E-state index is 12.1. The van der Waals surface area contributed by atoms with Gasteiger partial charge in [0.2, 0.25) is 5.91 Å². The minimum Gasteiger partial charge on any atom is -0.406 e. The van der Waals surface area contributed by atoms with E-state index in [0.29, 0.717) is 13.2 Å². The van der Waals surface area contributed by atoms with Crippen molar-refractivity contribution in [2.45, 2.75) is 32.0 Å². The summed E-state index contributed by atoms with van der Waals surface area (Å²) in [6.07, 6.45) is -3.69. The van der Waals surface area contributed by atoms with Crippen LogP contribution in [0.25, 0.3) is 0 Å². The van der Waals surface area contributed by atoms with Crippen LogP contribution in [0.15, 0.2) is 24.3 Å². The predicted molar refractivity (Wildman–Crippen MR) is 75.7 cm³/mol. The maximum Gasteiger partial charge on any atom is 0.573 e. The van der Waals surface area contributed by atoms with Crippen molar-refractivity contribution in [1.82, 2.24) is 5.32 Å². The normalized spacial score (nSPS) is 12.8. The summed E-state index contributed by atoms with van der Waals surface area (Å²) in [5, 5.41) is 2.77. The fourth-order valence-corrected chi connectivity index (χ4v) is 1.91. The number of hydrogen-bond acceptors (Lipinski definition) is 3. The van der Waals surface area contributed by atoms with Gasteiger partial charge in [0.1, 0.15) is 5.75 Å². The summed E-state index contributed by atoms with van der Waals surface area (Å²) in [7, 11) is 1.59. The van der Waals surface area contributed by atoms with Crippen LogP contribution in [0.1, 0.15) is 31.2 Å². The monoisotopic (exact) mass is 319 g/mol. The molecular weight excluding hydrogens is 299 g/mol. The first-order valence-corrected chi connectivity index (χ1v) is 6.93. The van der Waals surface area contributed by atoms with E-state index in [-0.39, 0.29) is 24.0 Å². The van der Waals surface area contributed by atoms with Crippen LogP contribution in [-0.2, 0) is 9.53 Å². The Bertz CT molecular complexity index is 460. The van der Waals surface area contributed by atoms with Crippen LogP contribution < -0.4 is 10.1 Å². The van der Waals surface area contributed by atoms with Gasteiger partial charge in [0.05, 0.1) is 0 Å². The molecule has 0 bridgehead atoms. The quantitative estimate of drug-likeness (QED) is 0.748. The van der Waals surface area contributed by atoms with E-state index in [0.717, 1.165) is 12.0 Å². The summed E-state index contributed by atoms with van der Waals surface area (Å²) in [6.45, 7) is 2.96. The third-order valence-electron chi connectivity index (χ3n) is 3.02. The molecule has 0 heterocycles. The lowest BCUT2D eigenvalue weighted by atomic mass is 9.97. The van der Waals surface area contributed by atoms with E-state index < -0.39 is 6.36 Å². The Morgan fingerprint density at radius 1 is 1.27 bits per heavy atom. The fraction of sp³-hybridized carbons (Fsp3) is 0.533. The van der Waals surface area contributed by atoms with E-state index in [1.807, 2.05) is 6.92 Å². The number of carbonyl (C=O) groups excluding carboxylic acids is 1. The lowest BCUT2D eigenvalue weighted by Gasteiger charge is -2.13. The van der Waals surface area contributed by atoms with Crippen LogP contribution in [0.2, 0.25) is 0 Å². The van der Waals surface area contributed by atoms with Gasteiger partial charge in [0.25, 0.3) is 0 Å². The van der Waals surface area contributed by atoms with E-state index in [1.165, 1.54) is 24.3 Å². The molecule has 0 fully saturated rings. The SMILES string of the molecule is COCCCNC(=O)C[C@@H](C)c1ccc(OC(F)(F)F)cc1. The molecular formula is C15H20F3NO3. The lowest BCUT2D eigenvalue weighted by Crippen LogP contribution is -2.26. The number of amides is 1. The molecule has 1 amide bonds. The number of hydrogen-bond donors (Lipinski definition) is 1. The second-order valence-corrected chi connectivity index (χ2v) is 4.92. The van der Waals surface area contributed by atoms with Crippen molar-refractivity contribution in [2.75, 3.05) is 20.3 Å². The predicted octanol–water partition coefficient (Wildman–Crippen LogP) is 3.23. The third kappa shape index (κ3) is 7.31. The van der Waals surface area contributed by atoms with Gasteiger partial charge >= 0.3 is 6.36 Å². The summed E-state index contributed by atoms with van der Waals surface area (Å²) >= 11 is 0. The average molecular weight is 319 g/mol. The molecule has 1 atom stereocenters. The van der Waals surface area contributed by atoms with Gasteiger partial charge in [-0.1, -0.05) is 19.1 Å². The number of halogens is 3. The van der Waals surface area contributed by atoms with Gasteiger partial charge in [-0.25, -0.2) is 0 Å². The van der Waals surface area contributed by atoms with Crippen molar-refractivity contribution in [3.8, 4) is 5.75 Å². The zero-order valence-electron chi connectivity index (χ0n) is 12.6. The Kier molecular flexibility index (Phi) is 7.17. The zero-order valence-corrected chi connectivity index (χ0v) is 12.6. The molecule has 0 saturated heterocycles. The number of carbonyl (C=O) groups is 1. The first-order chi connectivity index (χ1) is 10.3. The van der Waals surface area contributed by atoms with Crippen LogP contribution in [0.4, 0.5) is 13.2 Å². The summed E-state index contributed by atoms with van der Waals surface area (Å²) < 4.78 is 44.9. The Labute approximate surface area is 127 Å². The first kappa shape index (κ1) is 18.3. The first-order valence-electron chi connectivity index (χ1n) is 6.93. The zero-order chi connectivity index (χ0) is 16.6. The fourth-order valence-electron chi connectivity index (χ4n) is 1.91. The number of nitrogens with one attached hydrogen (secondary N) is 1. The molecule has 0 aliphatic carbocycles. The molecule has 0 aliphatic heterocycles. The Morgan fingerprint density at radius 2 is 1.91 bits per heavy atom. The molecule has 1 aromatic carbocycles. The van der Waals surface area contributed by atoms with Crippen molar-refractivity contribution in [1.29, 1.82) is 0 Å². The summed E-state index contributed by atoms with van der Waals surface area (Å²) in [6, 6.07) is 5.56. The minimum atomic E-state index is -4.70. The Hall–Kier alpha value is -1.76. The number of alkyl halides is 3. The highest BCUT2D eigenvalue weighted by Crippen LogP contribution is 2.26. The van der Waals surface area contributed by atoms with Gasteiger partial charge in [0.15, 0.2) is 0 Å². The molecule has 1 rings (SSSR count). The molecule has 0 aliphatic rings. The van der Waals surface area contributed by atoms with E-state index in [2.05, 4.69) is 10.1 Å². The molecule has 0 saturated carbocycles. The van der Waals surface area contributed by atoms with E-state index in [1.54, 1.807) is 7.11 Å². The van der Waals surface area contributed by atoms with E-state index in [4.69, 9.17) is 4.74 Å². The Balaban J connectivity index is 2.45. The number of ether oxygens (including phenoxy) is 2. The van der Waals surface area contributed by atoms with E-state index >= 15 is 0 Å². The largest absolute Gasteiger partial charge is 0.573 e. The van der Waals surface area contributed by atoms with Crippen molar-refractivity contribution in [3.05, 3.63) is 29.8 Å². The molecule has 1 N–H and O–H groups in total. The van der Waals surface area contributed by atoms with Gasteiger partial charge in [-0.3, -0.25) is 4.79 Å². The number of benzene rings is 1. The highest BCUT2D eigenvalue weighted by molar-refractivity contribution is 5.76. The second kappa shape index (κ2) is 8.63. The van der Waals surface area contributed by atoms with Crippen LogP contribution in [0.3, 0.4) is 0 Å². The van der Waals surface area contributed by atoms with Gasteiger partial charge in [-0.15, -0.1) is 13.2 Å². The molecule has 0 unspecified atom stereocenters. The average Bonchev–Trinajstić information content (AvgIpc) is 2.42. The maximum atomic E-state index is 12.1. The van der Waals surface area contributed by atoms with Crippen molar-refractivity contribution >= 4 is 5.91 Å². The molecule has 22 heavy (non-hydrogen) atoms. The van der Waals surface area contributed by atoms with Crippen LogP contribution in [0.5, 0.6) is 5.75 Å². The highest BCUT2D eigenvalue weighted by Gasteiger charge is 2.31. The lowest BCUT2D eigenvalue weighted by molar-refractivity contribution is -0.274. The van der Waals surface area contributed by atoms with Crippen molar-refractivity contribution in [3.63, 3.8) is 0 Å². The van der Waals surface area contributed by atoms with Crippen LogP contribution in [0, 0.1) is 0 Å². The standard InChI is InChI=1S/C15H20F3NO3/c1-11(10-14(20)19-8-3-9-21-2)12-4-6-13(7-5-12)22-15(16,17)18/h4-7,11H,3,8-10H2,1-2H3,(H,19,20)/t11-/m1/s1. The molecule has 0 aromatic heterocycles. The topological polar surface area (TPSA) is 47.6 Å². The Morgan fingerprint density at radius 3 is 2.45 bits per heavy atom. The van der Waals surface area contributed by atoms with Crippen molar-refractivity contribution < 1.29 is 27.4 Å².